The van der Waals surface area contributed by atoms with Gasteiger partial charge >= 0.3 is 0 Å². The van der Waals surface area contributed by atoms with Crippen LogP contribution in [0.2, 0.25) is 0 Å². The summed E-state index contributed by atoms with van der Waals surface area (Å²) in [4.78, 5) is 10.5. The summed E-state index contributed by atoms with van der Waals surface area (Å²) in [6.07, 6.45) is 5.42. The van der Waals surface area contributed by atoms with E-state index in [0.717, 1.165) is 25.9 Å². The van der Waals surface area contributed by atoms with E-state index >= 15 is 0 Å². The highest BCUT2D eigenvalue weighted by atomic mass is 32.2. The van der Waals surface area contributed by atoms with Crippen molar-refractivity contribution >= 4 is 23.5 Å². The second-order valence-corrected chi connectivity index (χ2v) is 4.74. The zero-order valence-electron chi connectivity index (χ0n) is 9.81. The second-order valence-electron chi connectivity index (χ2n) is 3.95. The lowest BCUT2D eigenvalue weighted by Crippen LogP contribution is -2.31. The Morgan fingerprint density at radius 3 is 2.59 bits per heavy atom. The molecule has 1 fully saturated rings. The number of nitriles is 1. The van der Waals surface area contributed by atoms with Crippen LogP contribution in [-0.2, 0) is 0 Å². The van der Waals surface area contributed by atoms with Crippen molar-refractivity contribution in [1.29, 1.82) is 5.26 Å². The molecule has 5 nitrogen and oxygen atoms in total. The van der Waals surface area contributed by atoms with Gasteiger partial charge in [-0.2, -0.15) is 10.2 Å². The van der Waals surface area contributed by atoms with Crippen molar-refractivity contribution in [3.8, 4) is 6.07 Å². The number of hydrogen-bond acceptors (Lipinski definition) is 6. The summed E-state index contributed by atoms with van der Waals surface area (Å²) < 4.78 is 0. The van der Waals surface area contributed by atoms with Gasteiger partial charge in [0.25, 0.3) is 0 Å². The van der Waals surface area contributed by atoms with E-state index in [-0.39, 0.29) is 5.95 Å². The Bertz CT molecular complexity index is 448. The predicted octanol–water partition coefficient (Wildman–Crippen LogP) is 1.64. The minimum absolute atomic E-state index is 0.244. The van der Waals surface area contributed by atoms with Crippen LogP contribution in [0.15, 0.2) is 5.03 Å². The van der Waals surface area contributed by atoms with Gasteiger partial charge in [0, 0.05) is 13.1 Å². The first-order chi connectivity index (χ1) is 8.26. The van der Waals surface area contributed by atoms with Crippen LogP contribution in [0, 0.1) is 11.3 Å². The number of hydrogen-bond donors (Lipinski definition) is 1. The van der Waals surface area contributed by atoms with Crippen LogP contribution in [0.5, 0.6) is 0 Å². The van der Waals surface area contributed by atoms with Crippen molar-refractivity contribution in [2.75, 3.05) is 30.0 Å². The number of nitrogens with two attached hydrogens (primary N) is 1. The molecule has 6 heteroatoms. The van der Waals surface area contributed by atoms with Crippen LogP contribution < -0.4 is 10.6 Å². The standard InChI is InChI=1S/C11H15N5S/c1-17-10-8(7-12)9(14-11(13)15-10)16-5-3-2-4-6-16/h2-6H2,1H3,(H2,13,14,15). The molecule has 1 aromatic heterocycles. The average molecular weight is 249 g/mol. The third kappa shape index (κ3) is 2.44. The van der Waals surface area contributed by atoms with Crippen LogP contribution >= 0.6 is 11.8 Å². The van der Waals surface area contributed by atoms with Crippen LogP contribution in [0.1, 0.15) is 24.8 Å². The van der Waals surface area contributed by atoms with E-state index in [1.165, 1.54) is 18.2 Å². The fourth-order valence-corrected chi connectivity index (χ4v) is 2.55. The summed E-state index contributed by atoms with van der Waals surface area (Å²) in [5.41, 5.74) is 6.24. The fraction of sp³-hybridized carbons (Fsp3) is 0.545. The maximum atomic E-state index is 9.24. The third-order valence-electron chi connectivity index (χ3n) is 2.83. The normalized spacial score (nSPS) is 15.6. The number of thioether (sulfide) groups is 1. The highest BCUT2D eigenvalue weighted by molar-refractivity contribution is 7.98. The molecule has 0 bridgehead atoms. The van der Waals surface area contributed by atoms with Gasteiger partial charge in [-0.1, -0.05) is 0 Å². The Kier molecular flexibility index (Phi) is 3.69. The maximum Gasteiger partial charge on any atom is 0.223 e. The lowest BCUT2D eigenvalue weighted by molar-refractivity contribution is 0.572. The van der Waals surface area contributed by atoms with Crippen molar-refractivity contribution in [1.82, 2.24) is 9.97 Å². The monoisotopic (exact) mass is 249 g/mol. The molecule has 1 aromatic rings. The molecule has 0 aliphatic carbocycles. The predicted molar refractivity (Wildman–Crippen MR) is 69.0 cm³/mol. The first kappa shape index (κ1) is 12.0. The zero-order chi connectivity index (χ0) is 12.3. The molecule has 0 aromatic carbocycles. The average Bonchev–Trinajstić information content (AvgIpc) is 2.38. The molecule has 0 amide bonds. The van der Waals surface area contributed by atoms with Gasteiger partial charge in [0.1, 0.15) is 16.7 Å². The van der Waals surface area contributed by atoms with Gasteiger partial charge < -0.3 is 10.6 Å². The van der Waals surface area contributed by atoms with Crippen LogP contribution in [0.3, 0.4) is 0 Å². The number of nitrogen functional groups attached to an aromatic ring is 1. The van der Waals surface area contributed by atoms with Gasteiger partial charge in [-0.3, -0.25) is 0 Å². The lowest BCUT2D eigenvalue weighted by atomic mass is 10.1. The Balaban J connectivity index is 2.44. The van der Waals surface area contributed by atoms with E-state index in [0.29, 0.717) is 16.4 Å². The minimum Gasteiger partial charge on any atom is -0.368 e. The molecular weight excluding hydrogens is 234 g/mol. The summed E-state index contributed by atoms with van der Waals surface area (Å²) in [5, 5.41) is 9.91. The van der Waals surface area contributed by atoms with E-state index in [2.05, 4.69) is 20.9 Å². The van der Waals surface area contributed by atoms with Gasteiger partial charge in [0.15, 0.2) is 5.82 Å². The second kappa shape index (κ2) is 5.23. The zero-order valence-corrected chi connectivity index (χ0v) is 10.6. The molecule has 0 atom stereocenters. The van der Waals surface area contributed by atoms with Crippen molar-refractivity contribution in [2.24, 2.45) is 0 Å². The van der Waals surface area contributed by atoms with Gasteiger partial charge in [0.2, 0.25) is 5.95 Å². The van der Waals surface area contributed by atoms with Crippen molar-refractivity contribution in [3.63, 3.8) is 0 Å². The summed E-state index contributed by atoms with van der Waals surface area (Å²) in [6.45, 7) is 1.89. The molecule has 17 heavy (non-hydrogen) atoms. The van der Waals surface area contributed by atoms with E-state index in [1.54, 1.807) is 0 Å². The summed E-state index contributed by atoms with van der Waals surface area (Å²) >= 11 is 1.43. The fourth-order valence-electron chi connectivity index (χ4n) is 2.03. The molecule has 0 radical (unpaired) electrons. The summed E-state index contributed by atoms with van der Waals surface area (Å²) in [6, 6.07) is 2.20. The number of anilines is 2. The number of nitrogens with zero attached hydrogens (tertiary/aromatic N) is 4. The van der Waals surface area contributed by atoms with E-state index in [9.17, 15) is 5.26 Å². The highest BCUT2D eigenvalue weighted by Crippen LogP contribution is 2.28. The number of piperidine rings is 1. The molecule has 2 heterocycles. The van der Waals surface area contributed by atoms with Gasteiger partial charge in [-0.05, 0) is 25.5 Å². The van der Waals surface area contributed by atoms with Crippen molar-refractivity contribution < 1.29 is 0 Å². The first-order valence-electron chi connectivity index (χ1n) is 5.63. The molecule has 2 N–H and O–H groups in total. The van der Waals surface area contributed by atoms with Crippen molar-refractivity contribution in [2.45, 2.75) is 24.3 Å². The summed E-state index contributed by atoms with van der Waals surface area (Å²) in [5.74, 6) is 0.943. The Labute approximate surface area is 105 Å². The molecule has 2 rings (SSSR count). The number of rotatable bonds is 2. The lowest BCUT2D eigenvalue weighted by Gasteiger charge is -2.28. The molecule has 1 aliphatic heterocycles. The molecule has 1 aliphatic rings. The smallest absolute Gasteiger partial charge is 0.223 e. The number of aromatic nitrogens is 2. The maximum absolute atomic E-state index is 9.24. The molecule has 90 valence electrons. The van der Waals surface area contributed by atoms with E-state index in [4.69, 9.17) is 5.73 Å². The topological polar surface area (TPSA) is 78.8 Å². The Hall–Kier alpha value is -1.48. The third-order valence-corrected chi connectivity index (χ3v) is 3.52. The minimum atomic E-state index is 0.244. The highest BCUT2D eigenvalue weighted by Gasteiger charge is 2.20. The van der Waals surface area contributed by atoms with Crippen LogP contribution in [0.4, 0.5) is 11.8 Å². The van der Waals surface area contributed by atoms with Crippen LogP contribution in [-0.4, -0.2) is 29.3 Å². The SMILES string of the molecule is CSc1nc(N)nc(N2CCCCC2)c1C#N. The van der Waals surface area contributed by atoms with Crippen LogP contribution in [0.25, 0.3) is 0 Å². The first-order valence-corrected chi connectivity index (χ1v) is 6.85. The molecule has 0 spiro atoms. The Morgan fingerprint density at radius 2 is 2.00 bits per heavy atom. The summed E-state index contributed by atoms with van der Waals surface area (Å²) in [7, 11) is 0. The molecular formula is C11H15N5S. The molecule has 1 saturated heterocycles. The van der Waals surface area contributed by atoms with Crippen molar-refractivity contribution in [3.05, 3.63) is 5.56 Å². The van der Waals surface area contributed by atoms with Gasteiger partial charge in [-0.15, -0.1) is 11.8 Å². The van der Waals surface area contributed by atoms with Gasteiger partial charge in [-0.25, -0.2) is 4.98 Å². The van der Waals surface area contributed by atoms with E-state index in [1.807, 2.05) is 6.26 Å². The largest absolute Gasteiger partial charge is 0.368 e. The molecule has 0 unspecified atom stereocenters. The van der Waals surface area contributed by atoms with Gasteiger partial charge in [0.05, 0.1) is 0 Å². The van der Waals surface area contributed by atoms with E-state index < -0.39 is 0 Å². The quantitative estimate of drug-likeness (QED) is 0.634. The molecule has 0 saturated carbocycles. The Morgan fingerprint density at radius 1 is 1.29 bits per heavy atom.